The van der Waals surface area contributed by atoms with E-state index in [1.165, 1.54) is 0 Å². The zero-order valence-electron chi connectivity index (χ0n) is 13.9. The molecule has 2 saturated heterocycles. The average Bonchev–Trinajstić information content (AvgIpc) is 3.15. The number of aromatic nitrogens is 2. The van der Waals surface area contributed by atoms with Crippen LogP contribution in [-0.4, -0.2) is 40.4 Å². The molecule has 1 amide bonds. The van der Waals surface area contributed by atoms with Gasteiger partial charge in [-0.25, -0.2) is 9.97 Å². The van der Waals surface area contributed by atoms with Crippen LogP contribution in [0.1, 0.15) is 30.0 Å². The maximum Gasteiger partial charge on any atom is 0.231 e. The predicted octanol–water partition coefficient (Wildman–Crippen LogP) is 2.87. The molecule has 2 fully saturated rings. The van der Waals surface area contributed by atoms with Crippen LogP contribution in [0.4, 0.5) is 5.82 Å². The lowest BCUT2D eigenvalue weighted by atomic mass is 9.78. The SMILES string of the molecule is Cc1nc(CN2CC[C@]3(CCCN(c4ccccn4)C3)C2=O)cs1. The molecule has 0 radical (unpaired) electrons. The van der Waals surface area contributed by atoms with Crippen molar-refractivity contribution in [1.82, 2.24) is 14.9 Å². The third kappa shape index (κ3) is 2.79. The fourth-order valence-corrected chi connectivity index (χ4v) is 4.57. The molecule has 2 aromatic heterocycles. The van der Waals surface area contributed by atoms with Crippen LogP contribution < -0.4 is 4.90 Å². The zero-order valence-corrected chi connectivity index (χ0v) is 14.8. The highest BCUT2D eigenvalue weighted by Gasteiger charge is 2.49. The Morgan fingerprint density at radius 3 is 2.96 bits per heavy atom. The minimum atomic E-state index is -0.235. The van der Waals surface area contributed by atoms with Crippen molar-refractivity contribution in [3.63, 3.8) is 0 Å². The third-order valence-electron chi connectivity index (χ3n) is 5.17. The number of anilines is 1. The first-order valence-corrected chi connectivity index (χ1v) is 9.41. The second-order valence-corrected chi connectivity index (χ2v) is 7.89. The second kappa shape index (κ2) is 6.16. The van der Waals surface area contributed by atoms with Crippen molar-refractivity contribution in [3.05, 3.63) is 40.5 Å². The van der Waals surface area contributed by atoms with Crippen LogP contribution in [-0.2, 0) is 11.3 Å². The Morgan fingerprint density at radius 1 is 1.29 bits per heavy atom. The zero-order chi connectivity index (χ0) is 16.6. The van der Waals surface area contributed by atoms with Gasteiger partial charge in [-0.3, -0.25) is 4.79 Å². The standard InChI is InChI=1S/C18H22N4OS/c1-14-20-15(12-24-14)11-21-10-7-18(17(21)23)6-4-9-22(13-18)16-5-2-3-8-19-16/h2-3,5,8,12H,4,6-7,9-11,13H2,1H3/t18-/m0/s1. The molecular formula is C18H22N4OS. The highest BCUT2D eigenvalue weighted by molar-refractivity contribution is 7.09. The predicted molar refractivity (Wildman–Crippen MR) is 95.0 cm³/mol. The number of likely N-dealkylation sites (tertiary alicyclic amines) is 1. The van der Waals surface area contributed by atoms with E-state index in [0.29, 0.717) is 12.5 Å². The third-order valence-corrected chi connectivity index (χ3v) is 5.99. The summed E-state index contributed by atoms with van der Waals surface area (Å²) < 4.78 is 0. The summed E-state index contributed by atoms with van der Waals surface area (Å²) >= 11 is 1.65. The number of thiazole rings is 1. The number of hydrogen-bond acceptors (Lipinski definition) is 5. The minimum absolute atomic E-state index is 0.235. The van der Waals surface area contributed by atoms with Crippen molar-refractivity contribution >= 4 is 23.1 Å². The van der Waals surface area contributed by atoms with Gasteiger partial charge in [0.05, 0.1) is 22.7 Å². The molecule has 1 spiro atoms. The number of rotatable bonds is 3. The fourth-order valence-electron chi connectivity index (χ4n) is 3.97. The molecule has 0 aliphatic carbocycles. The van der Waals surface area contributed by atoms with E-state index in [1.807, 2.05) is 36.2 Å². The molecule has 126 valence electrons. The molecule has 6 heteroatoms. The van der Waals surface area contributed by atoms with Gasteiger partial charge >= 0.3 is 0 Å². The molecule has 0 saturated carbocycles. The molecular weight excluding hydrogens is 320 g/mol. The van der Waals surface area contributed by atoms with Gasteiger partial charge in [0.25, 0.3) is 0 Å². The summed E-state index contributed by atoms with van der Waals surface area (Å²) in [7, 11) is 0. The number of piperidine rings is 1. The Hall–Kier alpha value is -1.95. The normalized spacial score (nSPS) is 24.1. The maximum absolute atomic E-state index is 13.1. The van der Waals surface area contributed by atoms with Crippen molar-refractivity contribution in [2.24, 2.45) is 5.41 Å². The topological polar surface area (TPSA) is 49.3 Å². The van der Waals surface area contributed by atoms with E-state index in [1.54, 1.807) is 11.3 Å². The van der Waals surface area contributed by atoms with Crippen molar-refractivity contribution < 1.29 is 4.79 Å². The fraction of sp³-hybridized carbons (Fsp3) is 0.500. The van der Waals surface area contributed by atoms with Gasteiger partial charge in [-0.15, -0.1) is 11.3 Å². The lowest BCUT2D eigenvalue weighted by Gasteiger charge is -2.39. The lowest BCUT2D eigenvalue weighted by Crippen LogP contribution is -2.48. The highest BCUT2D eigenvalue weighted by atomic mass is 32.1. The molecule has 2 aliphatic rings. The molecule has 4 heterocycles. The Balaban J connectivity index is 1.50. The van der Waals surface area contributed by atoms with E-state index in [0.717, 1.165) is 55.4 Å². The smallest absolute Gasteiger partial charge is 0.231 e. The molecule has 4 rings (SSSR count). The molecule has 2 aromatic rings. The molecule has 0 bridgehead atoms. The number of carbonyl (C=O) groups excluding carboxylic acids is 1. The summed E-state index contributed by atoms with van der Waals surface area (Å²) in [4.78, 5) is 26.4. The maximum atomic E-state index is 13.1. The van der Waals surface area contributed by atoms with E-state index in [-0.39, 0.29) is 5.41 Å². The number of pyridine rings is 1. The van der Waals surface area contributed by atoms with E-state index in [9.17, 15) is 4.79 Å². The van der Waals surface area contributed by atoms with Gasteiger partial charge in [0.2, 0.25) is 5.91 Å². The number of carbonyl (C=O) groups is 1. The first kappa shape index (κ1) is 15.6. The molecule has 0 unspecified atom stereocenters. The number of hydrogen-bond donors (Lipinski definition) is 0. The van der Waals surface area contributed by atoms with E-state index in [2.05, 4.69) is 20.2 Å². The van der Waals surface area contributed by atoms with E-state index < -0.39 is 0 Å². The highest BCUT2D eigenvalue weighted by Crippen LogP contribution is 2.41. The molecule has 1 atom stereocenters. The van der Waals surface area contributed by atoms with Gasteiger partial charge in [-0.1, -0.05) is 6.07 Å². The Bertz CT molecular complexity index is 732. The molecule has 2 aliphatic heterocycles. The molecule has 5 nitrogen and oxygen atoms in total. The number of aryl methyl sites for hydroxylation is 1. The van der Waals surface area contributed by atoms with E-state index >= 15 is 0 Å². The van der Waals surface area contributed by atoms with Crippen molar-refractivity contribution in [3.8, 4) is 0 Å². The van der Waals surface area contributed by atoms with Crippen LogP contribution >= 0.6 is 11.3 Å². The first-order chi connectivity index (χ1) is 11.7. The summed E-state index contributed by atoms with van der Waals surface area (Å²) in [6.45, 7) is 5.26. The molecule has 24 heavy (non-hydrogen) atoms. The Morgan fingerprint density at radius 2 is 2.21 bits per heavy atom. The van der Waals surface area contributed by atoms with Crippen LogP contribution in [0.15, 0.2) is 29.8 Å². The Labute approximate surface area is 146 Å². The van der Waals surface area contributed by atoms with Crippen molar-refractivity contribution in [2.45, 2.75) is 32.7 Å². The van der Waals surface area contributed by atoms with Gasteiger partial charge in [0.1, 0.15) is 5.82 Å². The van der Waals surface area contributed by atoms with Crippen LogP contribution in [0.3, 0.4) is 0 Å². The number of amides is 1. The molecule has 0 N–H and O–H groups in total. The van der Waals surface area contributed by atoms with Crippen LogP contribution in [0.5, 0.6) is 0 Å². The summed E-state index contributed by atoms with van der Waals surface area (Å²) in [5, 5.41) is 3.12. The first-order valence-electron chi connectivity index (χ1n) is 8.53. The van der Waals surface area contributed by atoms with Crippen LogP contribution in [0.25, 0.3) is 0 Å². The van der Waals surface area contributed by atoms with Gasteiger partial charge in [0, 0.05) is 31.2 Å². The summed E-state index contributed by atoms with van der Waals surface area (Å²) in [6.07, 6.45) is 4.80. The van der Waals surface area contributed by atoms with Gasteiger partial charge < -0.3 is 9.80 Å². The average molecular weight is 342 g/mol. The van der Waals surface area contributed by atoms with Gasteiger partial charge in [0.15, 0.2) is 0 Å². The van der Waals surface area contributed by atoms with Gasteiger partial charge in [-0.2, -0.15) is 0 Å². The van der Waals surface area contributed by atoms with Crippen LogP contribution in [0, 0.1) is 12.3 Å². The van der Waals surface area contributed by atoms with Crippen molar-refractivity contribution in [2.75, 3.05) is 24.5 Å². The summed E-state index contributed by atoms with van der Waals surface area (Å²) in [5.41, 5.74) is 0.779. The van der Waals surface area contributed by atoms with Crippen molar-refractivity contribution in [1.29, 1.82) is 0 Å². The number of nitrogens with zero attached hydrogens (tertiary/aromatic N) is 4. The lowest BCUT2D eigenvalue weighted by molar-refractivity contribution is -0.137. The largest absolute Gasteiger partial charge is 0.356 e. The van der Waals surface area contributed by atoms with Gasteiger partial charge in [-0.05, 0) is 38.3 Å². The second-order valence-electron chi connectivity index (χ2n) is 6.83. The van der Waals surface area contributed by atoms with E-state index in [4.69, 9.17) is 0 Å². The molecule has 0 aromatic carbocycles. The monoisotopic (exact) mass is 342 g/mol. The minimum Gasteiger partial charge on any atom is -0.356 e. The quantitative estimate of drug-likeness (QED) is 0.861. The Kier molecular flexibility index (Phi) is 4.00. The summed E-state index contributed by atoms with van der Waals surface area (Å²) in [6, 6.07) is 5.98. The summed E-state index contributed by atoms with van der Waals surface area (Å²) in [5.74, 6) is 1.28. The van der Waals surface area contributed by atoms with Crippen LogP contribution in [0.2, 0.25) is 0 Å².